The monoisotopic (exact) mass is 296 g/mol. The molecule has 6 heteroatoms. The number of hydrogen-bond donors (Lipinski definition) is 1. The molecule has 22 heavy (non-hydrogen) atoms. The standard InChI is InChI=1S/C12H12N2O.C4H4N2O/c15-10-12-8-13-14(9-12)7-6-11-4-2-1-3-5-11;7-3-4-1-5-6-2-4/h1-5,8-10H,6-7H2;1-3H,(H,5,6). The van der Waals surface area contributed by atoms with Crippen molar-refractivity contribution in [2.45, 2.75) is 13.0 Å². The first-order valence-corrected chi connectivity index (χ1v) is 6.77. The van der Waals surface area contributed by atoms with Crippen molar-refractivity contribution >= 4 is 12.6 Å². The molecule has 0 saturated carbocycles. The first-order valence-electron chi connectivity index (χ1n) is 6.77. The van der Waals surface area contributed by atoms with Crippen LogP contribution in [0.2, 0.25) is 0 Å². The predicted octanol–water partition coefficient (Wildman–Crippen LogP) is 2.16. The van der Waals surface area contributed by atoms with E-state index < -0.39 is 0 Å². The van der Waals surface area contributed by atoms with Crippen LogP contribution in [0.1, 0.15) is 26.3 Å². The molecule has 0 unspecified atom stereocenters. The fraction of sp³-hybridized carbons (Fsp3) is 0.125. The Morgan fingerprint density at radius 2 is 1.82 bits per heavy atom. The van der Waals surface area contributed by atoms with Crippen molar-refractivity contribution in [2.24, 2.45) is 0 Å². The van der Waals surface area contributed by atoms with Crippen LogP contribution in [0, 0.1) is 0 Å². The van der Waals surface area contributed by atoms with Gasteiger partial charge in [0.2, 0.25) is 0 Å². The van der Waals surface area contributed by atoms with E-state index in [2.05, 4.69) is 27.4 Å². The SMILES string of the molecule is O=Cc1cn[nH]c1.O=Cc1cnn(CCc2ccccc2)c1. The lowest BCUT2D eigenvalue weighted by Gasteiger charge is -2.01. The van der Waals surface area contributed by atoms with Crippen molar-refractivity contribution in [1.29, 1.82) is 0 Å². The van der Waals surface area contributed by atoms with Crippen molar-refractivity contribution in [3.05, 3.63) is 71.8 Å². The molecule has 0 fully saturated rings. The van der Waals surface area contributed by atoms with Crippen LogP contribution >= 0.6 is 0 Å². The van der Waals surface area contributed by atoms with Crippen LogP contribution in [-0.4, -0.2) is 32.6 Å². The Hall–Kier alpha value is -3.02. The molecule has 0 aliphatic heterocycles. The van der Waals surface area contributed by atoms with Gasteiger partial charge in [0.15, 0.2) is 12.6 Å². The molecule has 0 aliphatic carbocycles. The second kappa shape index (κ2) is 8.31. The summed E-state index contributed by atoms with van der Waals surface area (Å²) in [5.74, 6) is 0. The minimum Gasteiger partial charge on any atom is -0.298 e. The van der Waals surface area contributed by atoms with Gasteiger partial charge in [-0.05, 0) is 12.0 Å². The molecule has 1 aromatic carbocycles. The van der Waals surface area contributed by atoms with Gasteiger partial charge in [-0.15, -0.1) is 0 Å². The van der Waals surface area contributed by atoms with E-state index in [1.54, 1.807) is 17.1 Å². The summed E-state index contributed by atoms with van der Waals surface area (Å²) in [6, 6.07) is 10.2. The van der Waals surface area contributed by atoms with Gasteiger partial charge in [0.1, 0.15) is 0 Å². The van der Waals surface area contributed by atoms with Gasteiger partial charge >= 0.3 is 0 Å². The second-order valence-electron chi connectivity index (χ2n) is 4.54. The van der Waals surface area contributed by atoms with Crippen molar-refractivity contribution in [2.75, 3.05) is 0 Å². The van der Waals surface area contributed by atoms with Crippen LogP contribution in [0.15, 0.2) is 55.1 Å². The van der Waals surface area contributed by atoms with Crippen molar-refractivity contribution in [3.63, 3.8) is 0 Å². The van der Waals surface area contributed by atoms with Gasteiger partial charge < -0.3 is 0 Å². The van der Waals surface area contributed by atoms with E-state index in [-0.39, 0.29) is 0 Å². The Labute approximate surface area is 127 Å². The summed E-state index contributed by atoms with van der Waals surface area (Å²) >= 11 is 0. The van der Waals surface area contributed by atoms with Crippen LogP contribution in [-0.2, 0) is 13.0 Å². The molecule has 112 valence electrons. The largest absolute Gasteiger partial charge is 0.298 e. The third kappa shape index (κ3) is 4.82. The maximum Gasteiger partial charge on any atom is 0.153 e. The van der Waals surface area contributed by atoms with E-state index in [4.69, 9.17) is 0 Å². The molecule has 6 nitrogen and oxygen atoms in total. The van der Waals surface area contributed by atoms with E-state index in [0.717, 1.165) is 25.5 Å². The smallest absolute Gasteiger partial charge is 0.153 e. The molecule has 0 saturated heterocycles. The number of carbonyl (C=O) groups excluding carboxylic acids is 2. The van der Waals surface area contributed by atoms with Crippen LogP contribution in [0.4, 0.5) is 0 Å². The first kappa shape index (κ1) is 15.4. The number of hydrogen-bond acceptors (Lipinski definition) is 4. The highest BCUT2D eigenvalue weighted by molar-refractivity contribution is 5.73. The number of benzene rings is 1. The highest BCUT2D eigenvalue weighted by Gasteiger charge is 1.97. The summed E-state index contributed by atoms with van der Waals surface area (Å²) in [6.07, 6.45) is 8.82. The molecule has 0 aliphatic rings. The fourth-order valence-electron chi connectivity index (χ4n) is 1.78. The number of nitrogens with zero attached hydrogens (tertiary/aromatic N) is 3. The number of H-pyrrole nitrogens is 1. The molecule has 0 bridgehead atoms. The van der Waals surface area contributed by atoms with Gasteiger partial charge in [0.25, 0.3) is 0 Å². The second-order valence-corrected chi connectivity index (χ2v) is 4.54. The number of carbonyl (C=O) groups is 2. The lowest BCUT2D eigenvalue weighted by Crippen LogP contribution is -2.01. The quantitative estimate of drug-likeness (QED) is 0.732. The number of nitrogens with one attached hydrogen (secondary N) is 1. The highest BCUT2D eigenvalue weighted by atomic mass is 16.1. The number of aromatic nitrogens is 4. The average Bonchev–Trinajstić information content (AvgIpc) is 3.26. The minimum atomic E-state index is 0.583. The maximum absolute atomic E-state index is 10.4. The third-order valence-corrected chi connectivity index (χ3v) is 2.92. The van der Waals surface area contributed by atoms with E-state index in [9.17, 15) is 9.59 Å². The zero-order chi connectivity index (χ0) is 15.6. The maximum atomic E-state index is 10.4. The molecule has 0 amide bonds. The van der Waals surface area contributed by atoms with Crippen molar-refractivity contribution in [3.8, 4) is 0 Å². The third-order valence-electron chi connectivity index (χ3n) is 2.92. The van der Waals surface area contributed by atoms with Gasteiger partial charge in [-0.25, -0.2) is 0 Å². The molecule has 1 N–H and O–H groups in total. The van der Waals surface area contributed by atoms with E-state index in [0.29, 0.717) is 11.1 Å². The molecule has 2 heterocycles. The van der Waals surface area contributed by atoms with Gasteiger partial charge in [-0.2, -0.15) is 10.2 Å². The normalized spacial score (nSPS) is 9.64. The number of aryl methyl sites for hydroxylation is 2. The summed E-state index contributed by atoms with van der Waals surface area (Å²) in [4.78, 5) is 20.2. The Balaban J connectivity index is 0.000000211. The molecule has 0 atom stereocenters. The van der Waals surface area contributed by atoms with E-state index in [1.165, 1.54) is 18.0 Å². The Kier molecular flexibility index (Phi) is 5.80. The minimum absolute atomic E-state index is 0.583. The van der Waals surface area contributed by atoms with Gasteiger partial charge in [0, 0.05) is 18.9 Å². The predicted molar refractivity (Wildman–Crippen MR) is 81.7 cm³/mol. The average molecular weight is 296 g/mol. The van der Waals surface area contributed by atoms with Crippen LogP contribution in [0.3, 0.4) is 0 Å². The topological polar surface area (TPSA) is 80.6 Å². The summed E-state index contributed by atoms with van der Waals surface area (Å²) in [7, 11) is 0. The van der Waals surface area contributed by atoms with Crippen LogP contribution in [0.25, 0.3) is 0 Å². The van der Waals surface area contributed by atoms with Crippen molar-refractivity contribution < 1.29 is 9.59 Å². The molecule has 0 spiro atoms. The molecule has 2 aromatic heterocycles. The van der Waals surface area contributed by atoms with Crippen LogP contribution in [0.5, 0.6) is 0 Å². The summed E-state index contributed by atoms with van der Waals surface area (Å²) in [5.41, 5.74) is 2.49. The lowest BCUT2D eigenvalue weighted by molar-refractivity contribution is 0.111. The summed E-state index contributed by atoms with van der Waals surface area (Å²) in [6.45, 7) is 0.803. The number of rotatable bonds is 5. The van der Waals surface area contributed by atoms with Crippen molar-refractivity contribution in [1.82, 2.24) is 20.0 Å². The number of aldehydes is 2. The Morgan fingerprint density at radius 3 is 2.36 bits per heavy atom. The molecule has 3 aromatic rings. The van der Waals surface area contributed by atoms with E-state index in [1.807, 2.05) is 18.2 Å². The van der Waals surface area contributed by atoms with E-state index >= 15 is 0 Å². The molecule has 0 radical (unpaired) electrons. The molecule has 3 rings (SSSR count). The zero-order valence-corrected chi connectivity index (χ0v) is 11.9. The summed E-state index contributed by atoms with van der Waals surface area (Å²) in [5, 5.41) is 10.1. The molecular formula is C16H16N4O2. The van der Waals surface area contributed by atoms with Gasteiger partial charge in [-0.1, -0.05) is 30.3 Å². The van der Waals surface area contributed by atoms with Gasteiger partial charge in [0.05, 0.1) is 23.5 Å². The molecular weight excluding hydrogens is 280 g/mol. The lowest BCUT2D eigenvalue weighted by atomic mass is 10.1. The van der Waals surface area contributed by atoms with Gasteiger partial charge in [-0.3, -0.25) is 19.4 Å². The fourth-order valence-corrected chi connectivity index (χ4v) is 1.78. The highest BCUT2D eigenvalue weighted by Crippen LogP contribution is 2.02. The Morgan fingerprint density at radius 1 is 1.05 bits per heavy atom. The Bertz CT molecular complexity index is 690. The zero-order valence-electron chi connectivity index (χ0n) is 11.9. The summed E-state index contributed by atoms with van der Waals surface area (Å²) < 4.78 is 1.79. The van der Waals surface area contributed by atoms with Crippen LogP contribution < -0.4 is 0 Å². The first-order chi connectivity index (χ1) is 10.8. The number of aromatic amines is 1.